The van der Waals surface area contributed by atoms with Crippen molar-refractivity contribution in [3.63, 3.8) is 0 Å². The van der Waals surface area contributed by atoms with E-state index in [1.807, 2.05) is 6.92 Å². The molecule has 88 valence electrons. The first kappa shape index (κ1) is 11.7. The molecule has 1 aliphatic heterocycles. The maximum atomic E-state index is 11.8. The standard InChI is InChI=1S/C11H14BrNO3/c1-11(4-2-5-16-11)7-13-10(14)8-3-6-15-9(8)12/h3,6H,2,4-5,7H2,1H3,(H,13,14). The molecule has 1 fully saturated rings. The lowest BCUT2D eigenvalue weighted by atomic mass is 10.0. The molecule has 1 atom stereocenters. The van der Waals surface area contributed by atoms with E-state index in [9.17, 15) is 4.79 Å². The molecule has 1 saturated heterocycles. The lowest BCUT2D eigenvalue weighted by molar-refractivity contribution is 0.0206. The lowest BCUT2D eigenvalue weighted by Gasteiger charge is -2.23. The van der Waals surface area contributed by atoms with Crippen molar-refractivity contribution in [1.29, 1.82) is 0 Å². The van der Waals surface area contributed by atoms with Crippen molar-refractivity contribution in [1.82, 2.24) is 5.32 Å². The first-order valence-electron chi connectivity index (χ1n) is 5.26. The minimum atomic E-state index is -0.216. The van der Waals surface area contributed by atoms with E-state index in [2.05, 4.69) is 21.2 Å². The first-order valence-corrected chi connectivity index (χ1v) is 6.05. The van der Waals surface area contributed by atoms with Crippen molar-refractivity contribution < 1.29 is 13.9 Å². The SMILES string of the molecule is CC1(CNC(=O)c2ccoc2Br)CCCO1. The van der Waals surface area contributed by atoms with Gasteiger partial charge in [-0.15, -0.1) is 0 Å². The summed E-state index contributed by atoms with van der Waals surface area (Å²) in [5, 5.41) is 2.85. The van der Waals surface area contributed by atoms with Crippen LogP contribution in [0.1, 0.15) is 30.1 Å². The molecule has 1 amide bonds. The average Bonchev–Trinajstić information content (AvgIpc) is 2.85. The zero-order valence-corrected chi connectivity index (χ0v) is 10.7. The summed E-state index contributed by atoms with van der Waals surface area (Å²) in [4.78, 5) is 11.8. The maximum Gasteiger partial charge on any atom is 0.255 e. The monoisotopic (exact) mass is 287 g/mol. The fourth-order valence-electron chi connectivity index (χ4n) is 1.79. The number of ether oxygens (including phenoxy) is 1. The van der Waals surface area contributed by atoms with Gasteiger partial charge in [0.15, 0.2) is 4.67 Å². The van der Waals surface area contributed by atoms with Gasteiger partial charge in [-0.3, -0.25) is 4.79 Å². The Kier molecular flexibility index (Phi) is 3.35. The molecule has 0 spiro atoms. The maximum absolute atomic E-state index is 11.8. The van der Waals surface area contributed by atoms with Gasteiger partial charge in [0.1, 0.15) is 0 Å². The predicted molar refractivity (Wildman–Crippen MR) is 62.3 cm³/mol. The molecule has 0 radical (unpaired) electrons. The molecule has 2 heterocycles. The molecule has 1 aromatic rings. The number of carbonyl (C=O) groups is 1. The van der Waals surface area contributed by atoms with E-state index in [-0.39, 0.29) is 11.5 Å². The van der Waals surface area contributed by atoms with Crippen molar-refractivity contribution in [3.8, 4) is 0 Å². The van der Waals surface area contributed by atoms with Gasteiger partial charge in [-0.2, -0.15) is 0 Å². The zero-order valence-electron chi connectivity index (χ0n) is 9.09. The molecule has 4 nitrogen and oxygen atoms in total. The number of amides is 1. The second kappa shape index (κ2) is 4.59. The number of carbonyl (C=O) groups excluding carboxylic acids is 1. The van der Waals surface area contributed by atoms with Gasteiger partial charge in [-0.1, -0.05) is 0 Å². The average molecular weight is 288 g/mol. The smallest absolute Gasteiger partial charge is 0.255 e. The van der Waals surface area contributed by atoms with Gasteiger partial charge in [-0.25, -0.2) is 0 Å². The van der Waals surface area contributed by atoms with Gasteiger partial charge in [0.25, 0.3) is 5.91 Å². The van der Waals surface area contributed by atoms with Crippen molar-refractivity contribution in [2.45, 2.75) is 25.4 Å². The number of halogens is 1. The quantitative estimate of drug-likeness (QED) is 0.928. The summed E-state index contributed by atoms with van der Waals surface area (Å²) in [7, 11) is 0. The first-order chi connectivity index (χ1) is 7.61. The van der Waals surface area contributed by atoms with Gasteiger partial charge in [0.2, 0.25) is 0 Å². The van der Waals surface area contributed by atoms with Crippen LogP contribution < -0.4 is 5.32 Å². The van der Waals surface area contributed by atoms with Crippen LogP contribution in [0.25, 0.3) is 0 Å². The Morgan fingerprint density at radius 3 is 3.06 bits per heavy atom. The Hall–Kier alpha value is -0.810. The molecule has 1 aliphatic rings. The molecule has 1 N–H and O–H groups in total. The molecule has 5 heteroatoms. The summed E-state index contributed by atoms with van der Waals surface area (Å²) in [6.45, 7) is 3.33. The Morgan fingerprint density at radius 2 is 2.50 bits per heavy atom. The van der Waals surface area contributed by atoms with E-state index in [4.69, 9.17) is 9.15 Å². The minimum Gasteiger partial charge on any atom is -0.457 e. The molecule has 1 aromatic heterocycles. The second-order valence-electron chi connectivity index (χ2n) is 4.19. The molecule has 0 saturated carbocycles. The highest BCUT2D eigenvalue weighted by atomic mass is 79.9. The van der Waals surface area contributed by atoms with Crippen molar-refractivity contribution in [2.75, 3.05) is 13.2 Å². The van der Waals surface area contributed by atoms with Gasteiger partial charge in [-0.05, 0) is 41.8 Å². The number of nitrogens with one attached hydrogen (secondary N) is 1. The molecular formula is C11H14BrNO3. The van der Waals surface area contributed by atoms with Crippen LogP contribution in [0, 0.1) is 0 Å². The van der Waals surface area contributed by atoms with Crippen molar-refractivity contribution in [3.05, 3.63) is 22.6 Å². The highest BCUT2D eigenvalue weighted by molar-refractivity contribution is 9.10. The minimum absolute atomic E-state index is 0.141. The Bertz CT molecular complexity index is 382. The van der Waals surface area contributed by atoms with E-state index in [1.54, 1.807) is 6.07 Å². The molecule has 2 rings (SSSR count). The highest BCUT2D eigenvalue weighted by Gasteiger charge is 2.30. The molecule has 0 aromatic carbocycles. The number of hydrogen-bond donors (Lipinski definition) is 1. The van der Waals surface area contributed by atoms with E-state index >= 15 is 0 Å². The van der Waals surface area contributed by atoms with Crippen LogP contribution in [0.2, 0.25) is 0 Å². The molecular weight excluding hydrogens is 274 g/mol. The Labute approximate surface area is 102 Å². The van der Waals surface area contributed by atoms with Gasteiger partial charge in [0, 0.05) is 13.2 Å². The van der Waals surface area contributed by atoms with E-state index in [0.717, 1.165) is 19.4 Å². The van der Waals surface area contributed by atoms with Crippen molar-refractivity contribution >= 4 is 21.8 Å². The highest BCUT2D eigenvalue weighted by Crippen LogP contribution is 2.24. The molecule has 0 aliphatic carbocycles. The van der Waals surface area contributed by atoms with Crippen LogP contribution >= 0.6 is 15.9 Å². The number of rotatable bonds is 3. The van der Waals surface area contributed by atoms with Crippen LogP contribution in [0.4, 0.5) is 0 Å². The predicted octanol–water partition coefficient (Wildman–Crippen LogP) is 2.34. The summed E-state index contributed by atoms with van der Waals surface area (Å²) >= 11 is 3.18. The second-order valence-corrected chi connectivity index (χ2v) is 4.91. The van der Waals surface area contributed by atoms with E-state index in [1.165, 1.54) is 6.26 Å². The van der Waals surface area contributed by atoms with Gasteiger partial charge < -0.3 is 14.5 Å². The summed E-state index contributed by atoms with van der Waals surface area (Å²) in [6.07, 6.45) is 3.52. The van der Waals surface area contributed by atoms with Crippen LogP contribution in [-0.2, 0) is 4.74 Å². The van der Waals surface area contributed by atoms with Crippen LogP contribution in [0.15, 0.2) is 21.4 Å². The Balaban J connectivity index is 1.91. The molecule has 1 unspecified atom stereocenters. The van der Waals surface area contributed by atoms with Crippen LogP contribution in [-0.4, -0.2) is 24.7 Å². The topological polar surface area (TPSA) is 51.5 Å². The summed E-state index contributed by atoms with van der Waals surface area (Å²) < 4.78 is 11.1. The third kappa shape index (κ3) is 2.47. The van der Waals surface area contributed by atoms with Crippen LogP contribution in [0.5, 0.6) is 0 Å². The third-order valence-corrected chi connectivity index (χ3v) is 3.40. The summed E-state index contributed by atoms with van der Waals surface area (Å²) in [6, 6.07) is 1.64. The van der Waals surface area contributed by atoms with Gasteiger partial charge >= 0.3 is 0 Å². The fourth-order valence-corrected chi connectivity index (χ4v) is 2.21. The van der Waals surface area contributed by atoms with Gasteiger partial charge in [0.05, 0.1) is 17.4 Å². The molecule has 0 bridgehead atoms. The largest absolute Gasteiger partial charge is 0.457 e. The van der Waals surface area contributed by atoms with Crippen LogP contribution in [0.3, 0.4) is 0 Å². The fraction of sp³-hybridized carbons (Fsp3) is 0.545. The normalized spacial score (nSPS) is 24.6. The Morgan fingerprint density at radius 1 is 1.69 bits per heavy atom. The zero-order chi connectivity index (χ0) is 11.6. The van der Waals surface area contributed by atoms with E-state index in [0.29, 0.717) is 16.8 Å². The number of hydrogen-bond acceptors (Lipinski definition) is 3. The molecule has 16 heavy (non-hydrogen) atoms. The summed E-state index contributed by atoms with van der Waals surface area (Å²) in [5.74, 6) is -0.141. The van der Waals surface area contributed by atoms with Crippen molar-refractivity contribution in [2.24, 2.45) is 0 Å². The number of furan rings is 1. The lowest BCUT2D eigenvalue weighted by Crippen LogP contribution is -2.40. The third-order valence-electron chi connectivity index (χ3n) is 2.79. The summed E-state index contributed by atoms with van der Waals surface area (Å²) in [5.41, 5.74) is 0.299. The van der Waals surface area contributed by atoms with E-state index < -0.39 is 0 Å².